The lowest BCUT2D eigenvalue weighted by molar-refractivity contribution is -0.130. The van der Waals surface area contributed by atoms with Crippen molar-refractivity contribution in [2.45, 2.75) is 26.7 Å². The first-order valence-corrected chi connectivity index (χ1v) is 13.7. The zero-order valence-electron chi connectivity index (χ0n) is 23.3. The number of nitrogens with one attached hydrogen (secondary N) is 1. The normalized spacial score (nSPS) is 17.2. The SMILES string of the molecule is C=Cc1cc(C(=O)N2CCN(C(C)=O)CC2)ccc1Nc1cc2c(cn1)CC(C)CC(=O)c1ccccc1N2C. The molecule has 0 aliphatic carbocycles. The van der Waals surface area contributed by atoms with Crippen LogP contribution >= 0.6 is 0 Å². The Morgan fingerprint density at radius 3 is 2.45 bits per heavy atom. The molecule has 0 spiro atoms. The van der Waals surface area contributed by atoms with Gasteiger partial charge in [0.1, 0.15) is 5.82 Å². The van der Waals surface area contributed by atoms with Crippen LogP contribution in [-0.4, -0.2) is 65.6 Å². The predicted molar refractivity (Wildman–Crippen MR) is 159 cm³/mol. The summed E-state index contributed by atoms with van der Waals surface area (Å²) in [6.07, 6.45) is 4.85. The fourth-order valence-corrected chi connectivity index (χ4v) is 5.54. The van der Waals surface area contributed by atoms with Gasteiger partial charge in [-0.15, -0.1) is 0 Å². The number of para-hydroxylation sites is 1. The van der Waals surface area contributed by atoms with E-state index in [4.69, 9.17) is 4.98 Å². The predicted octanol–water partition coefficient (Wildman–Crippen LogP) is 5.31. The number of piperazine rings is 1. The number of hydrogen-bond donors (Lipinski definition) is 1. The molecule has 2 amide bonds. The van der Waals surface area contributed by atoms with Gasteiger partial charge < -0.3 is 20.0 Å². The molecule has 3 heterocycles. The highest BCUT2D eigenvalue weighted by molar-refractivity contribution is 6.02. The molecule has 1 fully saturated rings. The Morgan fingerprint density at radius 2 is 1.73 bits per heavy atom. The second kappa shape index (κ2) is 11.3. The van der Waals surface area contributed by atoms with Crippen molar-refractivity contribution in [2.75, 3.05) is 43.4 Å². The molecule has 5 rings (SSSR count). The second-order valence-electron chi connectivity index (χ2n) is 10.6. The van der Waals surface area contributed by atoms with E-state index in [1.165, 1.54) is 0 Å². The quantitative estimate of drug-likeness (QED) is 0.486. The van der Waals surface area contributed by atoms with Crippen LogP contribution in [0, 0.1) is 5.92 Å². The molecule has 1 aromatic heterocycles. The van der Waals surface area contributed by atoms with E-state index in [9.17, 15) is 14.4 Å². The summed E-state index contributed by atoms with van der Waals surface area (Å²) in [5, 5.41) is 3.41. The Morgan fingerprint density at radius 1 is 1.00 bits per heavy atom. The lowest BCUT2D eigenvalue weighted by Gasteiger charge is -2.34. The molecule has 8 heteroatoms. The van der Waals surface area contributed by atoms with Crippen molar-refractivity contribution in [2.24, 2.45) is 5.92 Å². The minimum atomic E-state index is -0.0582. The summed E-state index contributed by atoms with van der Waals surface area (Å²) in [5.74, 6) is 0.975. The number of amides is 2. The molecule has 2 aromatic carbocycles. The number of anilines is 4. The average Bonchev–Trinajstić information content (AvgIpc) is 3.00. The lowest BCUT2D eigenvalue weighted by Crippen LogP contribution is -2.50. The number of Topliss-reactive ketones (excluding diaryl/α,β-unsaturated/α-hetero) is 1. The average molecular weight is 538 g/mol. The largest absolute Gasteiger partial charge is 0.344 e. The molecule has 1 unspecified atom stereocenters. The number of hydrogen-bond acceptors (Lipinski definition) is 6. The van der Waals surface area contributed by atoms with E-state index in [1.54, 1.807) is 22.8 Å². The fraction of sp³-hybridized carbons (Fsp3) is 0.312. The number of ketones is 1. The summed E-state index contributed by atoms with van der Waals surface area (Å²) in [6, 6.07) is 15.3. The maximum Gasteiger partial charge on any atom is 0.253 e. The van der Waals surface area contributed by atoms with E-state index in [-0.39, 0.29) is 23.5 Å². The minimum Gasteiger partial charge on any atom is -0.344 e. The maximum absolute atomic E-state index is 13.2. The molecule has 2 aliphatic heterocycles. The molecular weight excluding hydrogens is 502 g/mol. The first-order valence-electron chi connectivity index (χ1n) is 13.7. The Hall–Kier alpha value is -4.46. The van der Waals surface area contributed by atoms with Crippen LogP contribution < -0.4 is 10.2 Å². The van der Waals surface area contributed by atoms with Crippen LogP contribution in [0.5, 0.6) is 0 Å². The number of rotatable bonds is 4. The molecule has 0 saturated carbocycles. The van der Waals surface area contributed by atoms with Crippen LogP contribution in [0.15, 0.2) is 61.3 Å². The van der Waals surface area contributed by atoms with Crippen LogP contribution in [0.25, 0.3) is 6.08 Å². The zero-order chi connectivity index (χ0) is 28.4. The summed E-state index contributed by atoms with van der Waals surface area (Å²) < 4.78 is 0. The smallest absolute Gasteiger partial charge is 0.253 e. The van der Waals surface area contributed by atoms with Crippen LogP contribution in [0.3, 0.4) is 0 Å². The van der Waals surface area contributed by atoms with Gasteiger partial charge in [0, 0.05) is 81.3 Å². The number of nitrogens with zero attached hydrogens (tertiary/aromatic N) is 4. The minimum absolute atomic E-state index is 0.0346. The molecule has 206 valence electrons. The van der Waals surface area contributed by atoms with Gasteiger partial charge in [0.05, 0.1) is 5.69 Å². The molecule has 1 N–H and O–H groups in total. The van der Waals surface area contributed by atoms with Gasteiger partial charge in [0.2, 0.25) is 5.91 Å². The summed E-state index contributed by atoms with van der Waals surface area (Å²) in [4.78, 5) is 48.1. The third kappa shape index (κ3) is 5.47. The third-order valence-electron chi connectivity index (χ3n) is 7.78. The van der Waals surface area contributed by atoms with E-state index < -0.39 is 0 Å². The first-order chi connectivity index (χ1) is 19.2. The summed E-state index contributed by atoms with van der Waals surface area (Å²) in [6.45, 7) is 9.74. The number of aromatic nitrogens is 1. The van der Waals surface area contributed by atoms with Crippen molar-refractivity contribution in [3.63, 3.8) is 0 Å². The van der Waals surface area contributed by atoms with Gasteiger partial charge in [-0.2, -0.15) is 0 Å². The molecule has 1 atom stereocenters. The van der Waals surface area contributed by atoms with E-state index in [0.29, 0.717) is 44.0 Å². The Balaban J connectivity index is 1.40. The first kappa shape index (κ1) is 27.1. The fourth-order valence-electron chi connectivity index (χ4n) is 5.54. The van der Waals surface area contributed by atoms with Crippen molar-refractivity contribution < 1.29 is 14.4 Å². The van der Waals surface area contributed by atoms with E-state index in [2.05, 4.69) is 23.7 Å². The van der Waals surface area contributed by atoms with Crippen molar-refractivity contribution in [1.29, 1.82) is 0 Å². The van der Waals surface area contributed by atoms with Crippen LogP contribution in [0.1, 0.15) is 52.1 Å². The van der Waals surface area contributed by atoms with Crippen LogP contribution in [0.2, 0.25) is 0 Å². The number of fused-ring (bicyclic) bond motifs is 2. The maximum atomic E-state index is 13.2. The number of benzene rings is 2. The van der Waals surface area contributed by atoms with Gasteiger partial charge in [0.15, 0.2) is 5.78 Å². The molecular formula is C32H35N5O3. The van der Waals surface area contributed by atoms with Crippen LogP contribution in [-0.2, 0) is 11.2 Å². The van der Waals surface area contributed by atoms with Gasteiger partial charge in [-0.25, -0.2) is 4.98 Å². The van der Waals surface area contributed by atoms with E-state index in [0.717, 1.165) is 40.2 Å². The third-order valence-corrected chi connectivity index (χ3v) is 7.78. The Kier molecular flexibility index (Phi) is 7.69. The lowest BCUT2D eigenvalue weighted by atomic mass is 9.94. The highest BCUT2D eigenvalue weighted by atomic mass is 16.2. The number of carbonyl (C=O) groups excluding carboxylic acids is 3. The van der Waals surface area contributed by atoms with Crippen molar-refractivity contribution in [1.82, 2.24) is 14.8 Å². The van der Waals surface area contributed by atoms with Gasteiger partial charge in [-0.1, -0.05) is 31.7 Å². The molecule has 3 aromatic rings. The summed E-state index contributed by atoms with van der Waals surface area (Å²) in [5.41, 5.74) is 5.83. The zero-order valence-corrected chi connectivity index (χ0v) is 23.3. The van der Waals surface area contributed by atoms with Gasteiger partial charge in [-0.3, -0.25) is 14.4 Å². The van der Waals surface area contributed by atoms with E-state index in [1.807, 2.05) is 61.8 Å². The molecule has 40 heavy (non-hydrogen) atoms. The number of pyridine rings is 1. The topological polar surface area (TPSA) is 85.9 Å². The van der Waals surface area contributed by atoms with Crippen LogP contribution in [0.4, 0.5) is 22.9 Å². The molecule has 0 radical (unpaired) electrons. The van der Waals surface area contributed by atoms with Gasteiger partial charge in [0.25, 0.3) is 5.91 Å². The van der Waals surface area contributed by atoms with E-state index >= 15 is 0 Å². The monoisotopic (exact) mass is 537 g/mol. The number of carbonyl (C=O) groups is 3. The molecule has 8 nitrogen and oxygen atoms in total. The Labute approximate surface area is 235 Å². The highest BCUT2D eigenvalue weighted by Gasteiger charge is 2.25. The van der Waals surface area contributed by atoms with Gasteiger partial charge >= 0.3 is 0 Å². The Bertz CT molecular complexity index is 1480. The molecule has 1 saturated heterocycles. The van der Waals surface area contributed by atoms with Gasteiger partial charge in [-0.05, 0) is 53.8 Å². The van der Waals surface area contributed by atoms with Crippen molar-refractivity contribution >= 4 is 46.6 Å². The standard InChI is InChI=1S/C32H35N5O3/c1-5-23-18-24(32(40)37-14-12-36(13-15-37)22(3)38)10-11-27(23)34-31-19-29-25(20-33-31)16-21(2)17-30(39)26-8-6-7-9-28(26)35(29)4/h5-11,18-21H,1,12-17H2,2-4H3,(H,33,34). The highest BCUT2D eigenvalue weighted by Crippen LogP contribution is 2.36. The molecule has 2 aliphatic rings. The summed E-state index contributed by atoms with van der Waals surface area (Å²) in [7, 11) is 1.98. The second-order valence-corrected chi connectivity index (χ2v) is 10.6. The van der Waals surface area contributed by atoms with Crippen molar-refractivity contribution in [3.05, 3.63) is 83.6 Å². The van der Waals surface area contributed by atoms with Crippen molar-refractivity contribution in [3.8, 4) is 0 Å². The molecule has 0 bridgehead atoms. The summed E-state index contributed by atoms with van der Waals surface area (Å²) >= 11 is 0.